The molecule has 2 rings (SSSR count). The predicted molar refractivity (Wildman–Crippen MR) is 86.7 cm³/mol. The number of nitrogens with one attached hydrogen (secondary N) is 1. The molecule has 1 N–H and O–H groups in total. The van der Waals surface area contributed by atoms with Crippen molar-refractivity contribution in [3.63, 3.8) is 0 Å². The lowest BCUT2D eigenvalue weighted by atomic mass is 10.1. The fourth-order valence-corrected chi connectivity index (χ4v) is 3.25. The van der Waals surface area contributed by atoms with Gasteiger partial charge in [-0.2, -0.15) is 0 Å². The number of benzene rings is 1. The number of hydrogen-bond acceptors (Lipinski definition) is 2. The van der Waals surface area contributed by atoms with E-state index >= 15 is 0 Å². The third-order valence-corrected chi connectivity index (χ3v) is 4.29. The minimum absolute atomic E-state index is 0.703. The van der Waals surface area contributed by atoms with Crippen molar-refractivity contribution >= 4 is 21.6 Å². The van der Waals surface area contributed by atoms with E-state index < -0.39 is 0 Å². The largest absolute Gasteiger partial charge is 0.370 e. The van der Waals surface area contributed by atoms with Gasteiger partial charge < -0.3 is 10.2 Å². The van der Waals surface area contributed by atoms with Crippen molar-refractivity contribution in [2.45, 2.75) is 33.7 Å². The predicted octanol–water partition coefficient (Wildman–Crippen LogP) is 4.04. The van der Waals surface area contributed by atoms with Crippen LogP contribution in [-0.4, -0.2) is 19.6 Å². The summed E-state index contributed by atoms with van der Waals surface area (Å²) in [4.78, 5) is 2.49. The maximum atomic E-state index is 3.73. The number of rotatable bonds is 5. The number of nitrogens with zero attached hydrogens (tertiary/aromatic N) is 1. The third-order valence-electron chi connectivity index (χ3n) is 3.66. The van der Waals surface area contributed by atoms with Gasteiger partial charge in [-0.15, -0.1) is 0 Å². The summed E-state index contributed by atoms with van der Waals surface area (Å²) in [6.45, 7) is 11.2. The first-order valence-electron chi connectivity index (χ1n) is 7.30. The SMILES string of the molecule is CC(C)CNCc1ccc(N2CCC(C)C2)c(Br)c1. The summed E-state index contributed by atoms with van der Waals surface area (Å²) >= 11 is 3.73. The van der Waals surface area contributed by atoms with Gasteiger partial charge in [0, 0.05) is 24.1 Å². The van der Waals surface area contributed by atoms with Crippen LogP contribution in [-0.2, 0) is 6.54 Å². The highest BCUT2D eigenvalue weighted by molar-refractivity contribution is 9.10. The first kappa shape index (κ1) is 14.9. The Morgan fingerprint density at radius 3 is 2.79 bits per heavy atom. The Kier molecular flexibility index (Phi) is 5.28. The third kappa shape index (κ3) is 4.22. The molecule has 0 amide bonds. The molecule has 1 fully saturated rings. The molecule has 1 aliphatic rings. The van der Waals surface area contributed by atoms with E-state index in [0.29, 0.717) is 5.92 Å². The second-order valence-electron chi connectivity index (χ2n) is 6.15. The molecule has 0 aliphatic carbocycles. The van der Waals surface area contributed by atoms with Crippen LogP contribution in [0.5, 0.6) is 0 Å². The summed E-state index contributed by atoms with van der Waals surface area (Å²) < 4.78 is 1.23. The average Bonchev–Trinajstić information content (AvgIpc) is 2.75. The number of hydrogen-bond donors (Lipinski definition) is 1. The fourth-order valence-electron chi connectivity index (χ4n) is 2.58. The molecule has 0 spiro atoms. The second-order valence-corrected chi connectivity index (χ2v) is 7.00. The smallest absolute Gasteiger partial charge is 0.0510 e. The van der Waals surface area contributed by atoms with Gasteiger partial charge in [0.05, 0.1) is 5.69 Å². The normalized spacial score (nSPS) is 19.4. The molecule has 3 heteroatoms. The quantitative estimate of drug-likeness (QED) is 0.879. The van der Waals surface area contributed by atoms with E-state index in [-0.39, 0.29) is 0 Å². The monoisotopic (exact) mass is 324 g/mol. The van der Waals surface area contributed by atoms with E-state index in [2.05, 4.69) is 65.1 Å². The van der Waals surface area contributed by atoms with E-state index in [0.717, 1.165) is 19.0 Å². The van der Waals surface area contributed by atoms with Crippen LogP contribution in [0.25, 0.3) is 0 Å². The molecule has 1 aromatic carbocycles. The zero-order chi connectivity index (χ0) is 13.8. The lowest BCUT2D eigenvalue weighted by molar-refractivity contribution is 0.552. The minimum atomic E-state index is 0.703. The molecule has 1 aliphatic heterocycles. The molecule has 1 aromatic rings. The summed E-state index contributed by atoms with van der Waals surface area (Å²) in [6.07, 6.45) is 1.31. The lowest BCUT2D eigenvalue weighted by Gasteiger charge is -2.20. The summed E-state index contributed by atoms with van der Waals surface area (Å²) in [5.74, 6) is 1.52. The first-order valence-corrected chi connectivity index (χ1v) is 8.09. The van der Waals surface area contributed by atoms with Crippen molar-refractivity contribution < 1.29 is 0 Å². The molecule has 2 nitrogen and oxygen atoms in total. The van der Waals surface area contributed by atoms with E-state index in [1.54, 1.807) is 0 Å². The highest BCUT2D eigenvalue weighted by atomic mass is 79.9. The van der Waals surface area contributed by atoms with Crippen LogP contribution in [0, 0.1) is 11.8 Å². The molecular formula is C16H25BrN2. The van der Waals surface area contributed by atoms with E-state index in [4.69, 9.17) is 0 Å². The van der Waals surface area contributed by atoms with Crippen LogP contribution >= 0.6 is 15.9 Å². The number of halogens is 1. The Bertz CT molecular complexity index is 417. The molecule has 19 heavy (non-hydrogen) atoms. The maximum Gasteiger partial charge on any atom is 0.0510 e. The van der Waals surface area contributed by atoms with Gasteiger partial charge in [0.2, 0.25) is 0 Å². The first-order chi connectivity index (χ1) is 9.06. The molecule has 0 saturated carbocycles. The van der Waals surface area contributed by atoms with E-state index in [1.165, 1.54) is 35.2 Å². The molecule has 0 radical (unpaired) electrons. The van der Waals surface area contributed by atoms with Crippen LogP contribution in [0.3, 0.4) is 0 Å². The van der Waals surface area contributed by atoms with Crippen LogP contribution in [0.1, 0.15) is 32.8 Å². The molecule has 0 aromatic heterocycles. The second kappa shape index (κ2) is 6.76. The summed E-state index contributed by atoms with van der Waals surface area (Å²) in [5.41, 5.74) is 2.69. The van der Waals surface area contributed by atoms with Crippen molar-refractivity contribution in [2.75, 3.05) is 24.5 Å². The highest BCUT2D eigenvalue weighted by Crippen LogP contribution is 2.31. The topological polar surface area (TPSA) is 15.3 Å². The standard InChI is InChI=1S/C16H25BrN2/c1-12(2)9-18-10-14-4-5-16(15(17)8-14)19-7-6-13(3)11-19/h4-5,8,12-13,18H,6-7,9-11H2,1-3H3. The molecule has 1 unspecified atom stereocenters. The lowest BCUT2D eigenvalue weighted by Crippen LogP contribution is -2.20. The van der Waals surface area contributed by atoms with Crippen molar-refractivity contribution in [1.29, 1.82) is 0 Å². The summed E-state index contributed by atoms with van der Waals surface area (Å²) in [6, 6.07) is 6.76. The summed E-state index contributed by atoms with van der Waals surface area (Å²) in [7, 11) is 0. The Morgan fingerprint density at radius 1 is 1.42 bits per heavy atom. The average molecular weight is 325 g/mol. The Hall–Kier alpha value is -0.540. The van der Waals surface area contributed by atoms with Gasteiger partial charge in [-0.3, -0.25) is 0 Å². The molecule has 106 valence electrons. The molecule has 1 heterocycles. The van der Waals surface area contributed by atoms with Crippen LogP contribution in [0.15, 0.2) is 22.7 Å². The van der Waals surface area contributed by atoms with Crippen molar-refractivity contribution in [3.8, 4) is 0 Å². The van der Waals surface area contributed by atoms with Crippen molar-refractivity contribution in [3.05, 3.63) is 28.2 Å². The Labute approximate surface area is 125 Å². The Balaban J connectivity index is 1.97. The molecule has 0 bridgehead atoms. The number of anilines is 1. The zero-order valence-electron chi connectivity index (χ0n) is 12.2. The van der Waals surface area contributed by atoms with Crippen molar-refractivity contribution in [2.24, 2.45) is 11.8 Å². The van der Waals surface area contributed by atoms with Gasteiger partial charge >= 0.3 is 0 Å². The molecule has 1 atom stereocenters. The maximum absolute atomic E-state index is 3.73. The molecule has 1 saturated heterocycles. The highest BCUT2D eigenvalue weighted by Gasteiger charge is 2.20. The van der Waals surface area contributed by atoms with Crippen LogP contribution < -0.4 is 10.2 Å². The van der Waals surface area contributed by atoms with Gasteiger partial charge in [-0.1, -0.05) is 26.8 Å². The minimum Gasteiger partial charge on any atom is -0.370 e. The Morgan fingerprint density at radius 2 is 2.21 bits per heavy atom. The van der Waals surface area contributed by atoms with Gasteiger partial charge in [0.25, 0.3) is 0 Å². The summed E-state index contributed by atoms with van der Waals surface area (Å²) in [5, 5.41) is 3.49. The molecular weight excluding hydrogens is 300 g/mol. The van der Waals surface area contributed by atoms with Gasteiger partial charge in [0.15, 0.2) is 0 Å². The van der Waals surface area contributed by atoms with Gasteiger partial charge in [0.1, 0.15) is 0 Å². The zero-order valence-corrected chi connectivity index (χ0v) is 13.8. The van der Waals surface area contributed by atoms with E-state index in [9.17, 15) is 0 Å². The van der Waals surface area contributed by atoms with Crippen LogP contribution in [0.2, 0.25) is 0 Å². The van der Waals surface area contributed by atoms with Gasteiger partial charge in [-0.25, -0.2) is 0 Å². The van der Waals surface area contributed by atoms with Gasteiger partial charge in [-0.05, 0) is 58.4 Å². The van der Waals surface area contributed by atoms with Crippen LogP contribution in [0.4, 0.5) is 5.69 Å². The fraction of sp³-hybridized carbons (Fsp3) is 0.625. The van der Waals surface area contributed by atoms with E-state index in [1.807, 2.05) is 0 Å². The van der Waals surface area contributed by atoms with Crippen molar-refractivity contribution in [1.82, 2.24) is 5.32 Å².